The van der Waals surface area contributed by atoms with Gasteiger partial charge >= 0.3 is 0 Å². The first-order chi connectivity index (χ1) is 47.1. The average molecular weight is 1430 g/mol. The Morgan fingerprint density at radius 2 is 1.10 bits per heavy atom. The predicted octanol–water partition coefficient (Wildman–Crippen LogP) is -6.74. The maximum absolute atomic E-state index is 13.9. The Morgan fingerprint density at radius 3 is 1.70 bits per heavy atom. The minimum absolute atomic E-state index is 0.0551. The van der Waals surface area contributed by atoms with Crippen molar-refractivity contribution >= 4 is 29.5 Å². The van der Waals surface area contributed by atoms with Gasteiger partial charge in [0, 0.05) is 33.3 Å². The minimum Gasteiger partial charge on any atom is -0.494 e. The van der Waals surface area contributed by atoms with Crippen molar-refractivity contribution in [1.82, 2.24) is 26.6 Å². The summed E-state index contributed by atoms with van der Waals surface area (Å²) in [5.41, 5.74) is 0.0551. The summed E-state index contributed by atoms with van der Waals surface area (Å²) in [4.78, 5) is 64.7. The van der Waals surface area contributed by atoms with Gasteiger partial charge in [-0.3, -0.25) is 24.0 Å². The van der Waals surface area contributed by atoms with E-state index in [1.165, 1.54) is 38.8 Å². The van der Waals surface area contributed by atoms with Crippen LogP contribution in [0.4, 0.5) is 0 Å². The number of allylic oxidation sites excluding steroid dienone is 2. The number of ether oxygens (including phenoxy) is 12. The van der Waals surface area contributed by atoms with Crippen LogP contribution in [0.2, 0.25) is 0 Å². The number of hydrogen-bond acceptors (Lipinski definition) is 31. The lowest BCUT2D eigenvalue weighted by molar-refractivity contribution is -0.354. The SMILES string of the molecule is CCCCCC/C=C\CCCOc1cccc(C(=O)N[C@@H]2C(O[C@H]3C(O)C(NC(C)=O)[C@H](O[C@@H](C)C(CO)O[C@@H](O[C@H]4C(O)C(NC(C)=O)C(OC5C(CO[C@@H]6OC(C)C(O)[C@H](O)[C@H]6O)OC(O)[C@@H](NC(C)=O)[C@H]5O)O[C@H]4CO)[C@H](CO)NC(C)=O)O[C@H]3CO)OC(CO)[C@@H](O)C2O)c1. The van der Waals surface area contributed by atoms with E-state index in [0.29, 0.717) is 18.8 Å². The largest absolute Gasteiger partial charge is 0.494 e. The maximum Gasteiger partial charge on any atom is 0.251 e. The molecule has 566 valence electrons. The van der Waals surface area contributed by atoms with Crippen LogP contribution < -0.4 is 31.3 Å². The highest BCUT2D eigenvalue weighted by atomic mass is 16.8. The molecule has 6 rings (SSSR count). The molecule has 5 aliphatic rings. The van der Waals surface area contributed by atoms with Gasteiger partial charge in [-0.05, 0) is 57.7 Å². The molecule has 29 atom stereocenters. The van der Waals surface area contributed by atoms with Crippen molar-refractivity contribution in [2.45, 2.75) is 271 Å². The van der Waals surface area contributed by atoms with Gasteiger partial charge in [0.1, 0.15) is 134 Å². The number of carbonyl (C=O) groups is 5. The lowest BCUT2D eigenvalue weighted by Crippen LogP contribution is -2.70. The first-order valence-electron chi connectivity index (χ1n) is 33.2. The first-order valence-corrected chi connectivity index (χ1v) is 33.2. The molecule has 14 unspecified atom stereocenters. The average Bonchev–Trinajstić information content (AvgIpc) is 0.782. The van der Waals surface area contributed by atoms with E-state index < -0.39 is 247 Å². The van der Waals surface area contributed by atoms with Crippen LogP contribution in [0.5, 0.6) is 5.75 Å². The van der Waals surface area contributed by atoms with Crippen LogP contribution in [0.3, 0.4) is 0 Å². The second-order valence-electron chi connectivity index (χ2n) is 25.1. The van der Waals surface area contributed by atoms with Crippen molar-refractivity contribution in [2.24, 2.45) is 0 Å². The van der Waals surface area contributed by atoms with E-state index in [9.17, 15) is 95.5 Å². The van der Waals surface area contributed by atoms with E-state index in [4.69, 9.17) is 56.8 Å². The fraction of sp³-hybridized carbons (Fsp3) is 0.794. The van der Waals surface area contributed by atoms with Gasteiger partial charge in [-0.15, -0.1) is 0 Å². The Kier molecular flexibility index (Phi) is 33.8. The molecule has 5 heterocycles. The van der Waals surface area contributed by atoms with Crippen molar-refractivity contribution < 1.29 is 152 Å². The monoisotopic (exact) mass is 1430 g/mol. The highest BCUT2D eigenvalue weighted by Crippen LogP contribution is 2.35. The molecule has 5 saturated heterocycles. The summed E-state index contributed by atoms with van der Waals surface area (Å²) >= 11 is 0. The zero-order chi connectivity index (χ0) is 72.9. The van der Waals surface area contributed by atoms with Gasteiger partial charge in [0.2, 0.25) is 23.6 Å². The third kappa shape index (κ3) is 22.8. The Morgan fingerprint density at radius 1 is 0.545 bits per heavy atom. The molecule has 1 aromatic carbocycles. The lowest BCUT2D eigenvalue weighted by atomic mass is 9.94. The Hall–Kier alpha value is -4.89. The fourth-order valence-corrected chi connectivity index (χ4v) is 12.0. The number of unbranched alkanes of at least 4 members (excludes halogenated alkanes) is 5. The van der Waals surface area contributed by atoms with Gasteiger partial charge in [0.25, 0.3) is 5.91 Å². The minimum atomic E-state index is -2.08. The smallest absolute Gasteiger partial charge is 0.251 e. The zero-order valence-corrected chi connectivity index (χ0v) is 56.3. The molecule has 0 aliphatic carbocycles. The predicted molar refractivity (Wildman–Crippen MR) is 335 cm³/mol. The summed E-state index contributed by atoms with van der Waals surface area (Å²) in [5.74, 6) is -3.60. The van der Waals surface area contributed by atoms with Crippen LogP contribution in [0.15, 0.2) is 36.4 Å². The summed E-state index contributed by atoms with van der Waals surface area (Å²) in [6, 6.07) is -2.23. The second kappa shape index (κ2) is 40.2. The fourth-order valence-electron chi connectivity index (χ4n) is 12.0. The van der Waals surface area contributed by atoms with Gasteiger partial charge in [0.05, 0.1) is 58.5 Å². The molecule has 0 aromatic heterocycles. The summed E-state index contributed by atoms with van der Waals surface area (Å²) < 4.78 is 72.1. The maximum atomic E-state index is 13.9. The number of aliphatic hydroxyl groups is 14. The number of benzene rings is 1. The zero-order valence-electron chi connectivity index (χ0n) is 56.3. The molecule has 99 heavy (non-hydrogen) atoms. The summed E-state index contributed by atoms with van der Waals surface area (Å²) in [6.07, 6.45) is -30.8. The number of hydrogen-bond donors (Lipinski definition) is 19. The molecule has 1 aromatic rings. The molecule has 5 fully saturated rings. The molecule has 0 radical (unpaired) electrons. The van der Waals surface area contributed by atoms with Crippen molar-refractivity contribution in [3.05, 3.63) is 42.0 Å². The number of rotatable bonds is 36. The Balaban J connectivity index is 1.20. The van der Waals surface area contributed by atoms with Gasteiger partial charge in [-0.2, -0.15) is 0 Å². The molecule has 0 saturated carbocycles. The molecular weight excluding hydrogens is 1320 g/mol. The quantitative estimate of drug-likeness (QED) is 0.0169. The van der Waals surface area contributed by atoms with Gasteiger partial charge in [0.15, 0.2) is 37.7 Å². The topological polar surface area (TPSA) is 539 Å². The van der Waals surface area contributed by atoms with Crippen LogP contribution in [0, 0.1) is 0 Å². The second-order valence-corrected chi connectivity index (χ2v) is 25.1. The molecular formula is C63H103N5O31. The highest BCUT2D eigenvalue weighted by molar-refractivity contribution is 5.94. The van der Waals surface area contributed by atoms with Gasteiger partial charge in [-0.1, -0.05) is 44.4 Å². The number of amides is 5. The van der Waals surface area contributed by atoms with Crippen LogP contribution in [-0.2, 0) is 71.3 Å². The van der Waals surface area contributed by atoms with E-state index in [0.717, 1.165) is 53.4 Å². The standard InChI is InChI=1S/C63H103N5O31/c1-8-9-10-11-12-13-14-15-16-20-88-35-19-17-18-34(21-35)57(86)68-43-48(80)47(79)38(24-71)94-61(43)98-55-40(26-73)95-60(44(50(55)82)66-32(6)76)90-28(2)37(23-70)93-59(36(22-69)64-30(4)74)97-54-39(25-72)96-62(45(51(54)83)67-33(7)77)99-56-41(92-58(87)42(49(56)81)65-31(5)75)27-89-63-53(85)52(84)46(78)29(3)91-63/h13-14,17-19,21,28-29,36-56,58-63,69-73,78-85,87H,8-12,15-16,20,22-27H2,1-7H3,(H,64,74)(H,65,75)(H,66,76)(H,67,77)(H,68,86)/b14-13-/t28-,29?,36-,37?,38?,39-,40-,41?,42-,43-,44?,45?,46?,47+,48?,49+,50?,51?,52-,53+,54+,55+,56?,58?,59-,60+,61?,62?,63+/m0/s1. The summed E-state index contributed by atoms with van der Waals surface area (Å²) in [5, 5.41) is 167. The molecule has 0 spiro atoms. The lowest BCUT2D eigenvalue weighted by Gasteiger charge is -2.49. The summed E-state index contributed by atoms with van der Waals surface area (Å²) in [6.45, 7) is 3.74. The normalized spacial score (nSPS) is 36.2. The molecule has 0 bridgehead atoms. The third-order valence-electron chi connectivity index (χ3n) is 17.3. The van der Waals surface area contributed by atoms with Crippen molar-refractivity contribution in [2.75, 3.05) is 46.2 Å². The van der Waals surface area contributed by atoms with Crippen LogP contribution in [-0.4, -0.2) is 325 Å². The van der Waals surface area contributed by atoms with E-state index in [2.05, 4.69) is 45.7 Å². The van der Waals surface area contributed by atoms with E-state index >= 15 is 0 Å². The number of nitrogens with one attached hydrogen (secondary N) is 5. The third-order valence-corrected chi connectivity index (χ3v) is 17.3. The molecule has 36 nitrogen and oxygen atoms in total. The Labute approximate surface area is 572 Å². The summed E-state index contributed by atoms with van der Waals surface area (Å²) in [7, 11) is 0. The number of aliphatic hydroxyl groups excluding tert-OH is 14. The van der Waals surface area contributed by atoms with E-state index in [-0.39, 0.29) is 5.56 Å². The molecule has 5 aliphatic heterocycles. The van der Waals surface area contributed by atoms with Crippen LogP contribution >= 0.6 is 0 Å². The van der Waals surface area contributed by atoms with Gasteiger partial charge in [-0.25, -0.2) is 0 Å². The first kappa shape index (κ1) is 83.1. The molecule has 19 N–H and O–H groups in total. The van der Waals surface area contributed by atoms with E-state index in [1.807, 2.05) is 0 Å². The number of carbonyl (C=O) groups excluding carboxylic acids is 5. The van der Waals surface area contributed by atoms with Crippen molar-refractivity contribution in [1.29, 1.82) is 0 Å². The van der Waals surface area contributed by atoms with Crippen molar-refractivity contribution in [3.8, 4) is 5.75 Å². The molecule has 36 heteroatoms. The van der Waals surface area contributed by atoms with Crippen LogP contribution in [0.1, 0.15) is 104 Å². The van der Waals surface area contributed by atoms with E-state index in [1.54, 1.807) is 12.1 Å². The van der Waals surface area contributed by atoms with Gasteiger partial charge < -0.3 is 155 Å². The van der Waals surface area contributed by atoms with Crippen LogP contribution in [0.25, 0.3) is 0 Å². The molecule has 5 amide bonds. The van der Waals surface area contributed by atoms with Crippen molar-refractivity contribution in [3.63, 3.8) is 0 Å². The highest BCUT2D eigenvalue weighted by Gasteiger charge is 2.56. The Bertz CT molecular complexity index is 2680.